The Kier molecular flexibility index (Phi) is 4.61. The molecule has 4 N–H and O–H groups in total. The molecule has 0 atom stereocenters. The fourth-order valence-corrected chi connectivity index (χ4v) is 2.58. The van der Waals surface area contributed by atoms with Gasteiger partial charge in [-0.25, -0.2) is 0 Å². The number of rotatable bonds is 5. The van der Waals surface area contributed by atoms with Crippen molar-refractivity contribution >= 4 is 11.8 Å². The molecule has 2 aromatic rings. The fourth-order valence-electron chi connectivity index (χ4n) is 2.58. The summed E-state index contributed by atoms with van der Waals surface area (Å²) in [4.78, 5) is 23.3. The van der Waals surface area contributed by atoms with Crippen molar-refractivity contribution in [1.29, 1.82) is 0 Å². The van der Waals surface area contributed by atoms with E-state index < -0.39 is 11.8 Å². The number of benzene rings is 2. The van der Waals surface area contributed by atoms with Crippen LogP contribution in [-0.2, 0) is 6.42 Å². The SMILES string of the molecule is CC(C)Cc1cccc(-c2cccc(C(N)=O)c2)c1C(N)=O. The third-order valence-electron chi connectivity index (χ3n) is 3.48. The lowest BCUT2D eigenvalue weighted by atomic mass is 9.90. The van der Waals surface area contributed by atoms with Gasteiger partial charge in [0, 0.05) is 5.56 Å². The highest BCUT2D eigenvalue weighted by Crippen LogP contribution is 2.28. The van der Waals surface area contributed by atoms with Crippen LogP contribution in [0.15, 0.2) is 42.5 Å². The molecule has 0 aliphatic carbocycles. The van der Waals surface area contributed by atoms with Crippen LogP contribution in [0.4, 0.5) is 0 Å². The molecule has 0 aromatic heterocycles. The number of hydrogen-bond acceptors (Lipinski definition) is 2. The zero-order valence-electron chi connectivity index (χ0n) is 12.8. The van der Waals surface area contributed by atoms with Crippen molar-refractivity contribution in [3.63, 3.8) is 0 Å². The summed E-state index contributed by atoms with van der Waals surface area (Å²) in [5, 5.41) is 0. The molecule has 2 rings (SSSR count). The number of amides is 2. The molecule has 0 saturated carbocycles. The van der Waals surface area contributed by atoms with Gasteiger partial charge in [-0.2, -0.15) is 0 Å². The van der Waals surface area contributed by atoms with Crippen molar-refractivity contribution in [2.45, 2.75) is 20.3 Å². The lowest BCUT2D eigenvalue weighted by Crippen LogP contribution is -2.16. The summed E-state index contributed by atoms with van der Waals surface area (Å²) in [5.74, 6) is -0.554. The third-order valence-corrected chi connectivity index (χ3v) is 3.48. The van der Waals surface area contributed by atoms with Crippen molar-refractivity contribution in [2.75, 3.05) is 0 Å². The Bertz CT molecular complexity index is 721. The molecule has 4 heteroatoms. The Balaban J connectivity index is 2.62. The Morgan fingerprint density at radius 1 is 1.00 bits per heavy atom. The van der Waals surface area contributed by atoms with Crippen LogP contribution >= 0.6 is 0 Å². The standard InChI is InChI=1S/C18H20N2O2/c1-11(2)9-13-6-4-8-15(16(13)18(20)22)12-5-3-7-14(10-12)17(19)21/h3-8,10-11H,9H2,1-2H3,(H2,19,21)(H2,20,22). The van der Waals surface area contributed by atoms with E-state index in [4.69, 9.17) is 11.5 Å². The average molecular weight is 296 g/mol. The van der Waals surface area contributed by atoms with E-state index in [0.29, 0.717) is 17.0 Å². The zero-order chi connectivity index (χ0) is 16.3. The first-order valence-corrected chi connectivity index (χ1v) is 7.22. The highest BCUT2D eigenvalue weighted by atomic mass is 16.1. The van der Waals surface area contributed by atoms with Gasteiger partial charge in [0.05, 0.1) is 5.56 Å². The molecule has 0 aliphatic heterocycles. The molecule has 0 unspecified atom stereocenters. The normalized spacial score (nSPS) is 10.7. The maximum absolute atomic E-state index is 11.9. The number of nitrogens with two attached hydrogens (primary N) is 2. The van der Waals surface area contributed by atoms with Crippen LogP contribution in [0.25, 0.3) is 11.1 Å². The van der Waals surface area contributed by atoms with Crippen molar-refractivity contribution < 1.29 is 9.59 Å². The van der Waals surface area contributed by atoms with Crippen LogP contribution in [0.3, 0.4) is 0 Å². The molecule has 2 aromatic carbocycles. The molecule has 0 aliphatic rings. The molecule has 0 saturated heterocycles. The van der Waals surface area contributed by atoms with Gasteiger partial charge in [-0.1, -0.05) is 44.2 Å². The molecule has 0 spiro atoms. The molecule has 0 fully saturated rings. The minimum Gasteiger partial charge on any atom is -0.366 e. The Morgan fingerprint density at radius 3 is 2.27 bits per heavy atom. The fraction of sp³-hybridized carbons (Fsp3) is 0.222. The first-order chi connectivity index (χ1) is 10.4. The van der Waals surface area contributed by atoms with E-state index in [0.717, 1.165) is 23.1 Å². The van der Waals surface area contributed by atoms with Crippen molar-refractivity contribution in [3.8, 4) is 11.1 Å². The van der Waals surface area contributed by atoms with E-state index in [1.807, 2.05) is 24.3 Å². The monoisotopic (exact) mass is 296 g/mol. The Labute approximate surface area is 130 Å². The van der Waals surface area contributed by atoms with Crippen LogP contribution in [0.5, 0.6) is 0 Å². The number of primary amides is 2. The van der Waals surface area contributed by atoms with Gasteiger partial charge in [-0.05, 0) is 41.2 Å². The molecule has 0 bridgehead atoms. The molecule has 2 amide bonds. The van der Waals surface area contributed by atoms with Crippen LogP contribution in [0.1, 0.15) is 40.1 Å². The maximum Gasteiger partial charge on any atom is 0.249 e. The van der Waals surface area contributed by atoms with Gasteiger partial charge in [0.2, 0.25) is 11.8 Å². The van der Waals surface area contributed by atoms with Gasteiger partial charge >= 0.3 is 0 Å². The Hall–Kier alpha value is -2.62. The quantitative estimate of drug-likeness (QED) is 0.888. The van der Waals surface area contributed by atoms with E-state index in [1.54, 1.807) is 18.2 Å². The van der Waals surface area contributed by atoms with E-state index in [2.05, 4.69) is 13.8 Å². The van der Waals surface area contributed by atoms with Crippen LogP contribution in [-0.4, -0.2) is 11.8 Å². The number of carbonyl (C=O) groups is 2. The van der Waals surface area contributed by atoms with E-state index in [9.17, 15) is 9.59 Å². The van der Waals surface area contributed by atoms with Gasteiger partial charge in [-0.3, -0.25) is 9.59 Å². The average Bonchev–Trinajstić information content (AvgIpc) is 2.46. The first kappa shape index (κ1) is 15.8. The summed E-state index contributed by atoms with van der Waals surface area (Å²) in [6.45, 7) is 4.18. The minimum absolute atomic E-state index is 0.405. The third kappa shape index (κ3) is 3.34. The van der Waals surface area contributed by atoms with Crippen molar-refractivity contribution in [1.82, 2.24) is 0 Å². The number of carbonyl (C=O) groups excluding carboxylic acids is 2. The summed E-state index contributed by atoms with van der Waals surface area (Å²) >= 11 is 0. The highest BCUT2D eigenvalue weighted by molar-refractivity contribution is 6.02. The van der Waals surface area contributed by atoms with Gasteiger partial charge in [0.25, 0.3) is 0 Å². The topological polar surface area (TPSA) is 86.2 Å². The minimum atomic E-state index is -0.499. The molecule has 0 radical (unpaired) electrons. The predicted molar refractivity (Wildman–Crippen MR) is 87.5 cm³/mol. The molecule has 22 heavy (non-hydrogen) atoms. The second-order valence-electron chi connectivity index (χ2n) is 5.75. The molecule has 114 valence electrons. The second-order valence-corrected chi connectivity index (χ2v) is 5.75. The predicted octanol–water partition coefficient (Wildman–Crippen LogP) is 2.75. The molecule has 0 heterocycles. The largest absolute Gasteiger partial charge is 0.366 e. The molecule has 4 nitrogen and oxygen atoms in total. The van der Waals surface area contributed by atoms with E-state index in [-0.39, 0.29) is 0 Å². The number of hydrogen-bond donors (Lipinski definition) is 2. The lowest BCUT2D eigenvalue weighted by molar-refractivity contribution is 0.0992. The van der Waals surface area contributed by atoms with Gasteiger partial charge < -0.3 is 11.5 Å². The van der Waals surface area contributed by atoms with E-state index >= 15 is 0 Å². The van der Waals surface area contributed by atoms with Crippen molar-refractivity contribution in [2.24, 2.45) is 17.4 Å². The summed E-state index contributed by atoms with van der Waals surface area (Å²) < 4.78 is 0. The van der Waals surface area contributed by atoms with Crippen molar-refractivity contribution in [3.05, 3.63) is 59.2 Å². The van der Waals surface area contributed by atoms with Crippen LogP contribution < -0.4 is 11.5 Å². The lowest BCUT2D eigenvalue weighted by Gasteiger charge is -2.14. The highest BCUT2D eigenvalue weighted by Gasteiger charge is 2.16. The van der Waals surface area contributed by atoms with Crippen LogP contribution in [0, 0.1) is 5.92 Å². The molecular weight excluding hydrogens is 276 g/mol. The Morgan fingerprint density at radius 2 is 1.68 bits per heavy atom. The maximum atomic E-state index is 11.9. The smallest absolute Gasteiger partial charge is 0.249 e. The van der Waals surface area contributed by atoms with Crippen LogP contribution in [0.2, 0.25) is 0 Å². The summed E-state index contributed by atoms with van der Waals surface area (Å²) in [7, 11) is 0. The van der Waals surface area contributed by atoms with Gasteiger partial charge in [0.1, 0.15) is 0 Å². The van der Waals surface area contributed by atoms with Gasteiger partial charge in [-0.15, -0.1) is 0 Å². The summed E-state index contributed by atoms with van der Waals surface area (Å²) in [5.41, 5.74) is 14.2. The second kappa shape index (κ2) is 6.43. The summed E-state index contributed by atoms with van der Waals surface area (Å²) in [6.07, 6.45) is 0.765. The summed E-state index contributed by atoms with van der Waals surface area (Å²) in [6, 6.07) is 12.6. The zero-order valence-corrected chi connectivity index (χ0v) is 12.8. The van der Waals surface area contributed by atoms with Gasteiger partial charge in [0.15, 0.2) is 0 Å². The first-order valence-electron chi connectivity index (χ1n) is 7.22. The van der Waals surface area contributed by atoms with E-state index in [1.165, 1.54) is 0 Å². The molecular formula is C18H20N2O2.